The molecule has 2 aromatic heterocycles. The number of anilines is 2. The van der Waals surface area contributed by atoms with E-state index >= 15 is 0 Å². The molecule has 33 heavy (non-hydrogen) atoms. The molecule has 0 amide bonds. The van der Waals surface area contributed by atoms with Crippen molar-refractivity contribution in [3.8, 4) is 16.5 Å². The van der Waals surface area contributed by atoms with Crippen LogP contribution in [0.5, 0.6) is 0 Å². The van der Waals surface area contributed by atoms with Crippen LogP contribution in [-0.2, 0) is 11.3 Å². The second-order valence-electron chi connectivity index (χ2n) is 8.49. The second kappa shape index (κ2) is 9.32. The summed E-state index contributed by atoms with van der Waals surface area (Å²) in [5.74, 6) is 0. The van der Waals surface area contributed by atoms with Gasteiger partial charge in [0.1, 0.15) is 6.07 Å². The van der Waals surface area contributed by atoms with Gasteiger partial charge in [0.2, 0.25) is 0 Å². The van der Waals surface area contributed by atoms with Crippen LogP contribution in [-0.4, -0.2) is 36.2 Å². The first-order chi connectivity index (χ1) is 16.1. The van der Waals surface area contributed by atoms with Gasteiger partial charge >= 0.3 is 0 Å². The van der Waals surface area contributed by atoms with E-state index in [2.05, 4.69) is 83.6 Å². The molecule has 1 saturated heterocycles. The molecule has 4 aromatic rings. The van der Waals surface area contributed by atoms with Crippen LogP contribution in [0, 0.1) is 25.2 Å². The Hall–Kier alpha value is -3.24. The van der Waals surface area contributed by atoms with Gasteiger partial charge in [0.05, 0.1) is 30.0 Å². The fourth-order valence-corrected chi connectivity index (χ4v) is 5.30. The summed E-state index contributed by atoms with van der Waals surface area (Å²) in [4.78, 5) is 9.63. The van der Waals surface area contributed by atoms with Gasteiger partial charge in [-0.15, -0.1) is 11.3 Å². The molecule has 5 nitrogen and oxygen atoms in total. The third kappa shape index (κ3) is 4.62. The predicted octanol–water partition coefficient (Wildman–Crippen LogP) is 6.03. The average Bonchev–Trinajstić information content (AvgIpc) is 3.29. The molecule has 0 aliphatic carbocycles. The molecule has 0 atom stereocenters. The number of aryl methyl sites for hydroxylation is 2. The van der Waals surface area contributed by atoms with Crippen molar-refractivity contribution < 1.29 is 4.74 Å². The molecule has 3 heterocycles. The quantitative estimate of drug-likeness (QED) is 0.399. The van der Waals surface area contributed by atoms with Crippen molar-refractivity contribution in [1.29, 1.82) is 5.26 Å². The third-order valence-electron chi connectivity index (χ3n) is 6.06. The van der Waals surface area contributed by atoms with E-state index in [4.69, 9.17) is 4.74 Å². The summed E-state index contributed by atoms with van der Waals surface area (Å²) >= 11 is 1.83. The lowest BCUT2D eigenvalue weighted by molar-refractivity contribution is 0.0346. The van der Waals surface area contributed by atoms with Gasteiger partial charge in [-0.2, -0.15) is 5.26 Å². The summed E-state index contributed by atoms with van der Waals surface area (Å²) in [7, 11) is 0. The molecule has 166 valence electrons. The molecule has 1 fully saturated rings. The predicted molar refractivity (Wildman–Crippen MR) is 135 cm³/mol. The Bertz CT molecular complexity index is 1350. The van der Waals surface area contributed by atoms with Gasteiger partial charge in [0, 0.05) is 46.7 Å². The minimum atomic E-state index is 0.541. The van der Waals surface area contributed by atoms with Crippen LogP contribution >= 0.6 is 11.3 Å². The van der Waals surface area contributed by atoms with Crippen molar-refractivity contribution in [2.45, 2.75) is 20.4 Å². The van der Waals surface area contributed by atoms with Crippen LogP contribution in [0.1, 0.15) is 21.6 Å². The van der Waals surface area contributed by atoms with Crippen molar-refractivity contribution in [3.05, 3.63) is 76.3 Å². The Labute approximate surface area is 198 Å². The topological polar surface area (TPSA) is 61.2 Å². The Balaban J connectivity index is 1.46. The SMILES string of the molecule is Cc1ccc(Nc2c(C#N)cnc3cc(-c4ccc(CN5CCOCC5)s4)ccc23)c(C)c1. The number of fused-ring (bicyclic) bond motifs is 1. The number of pyridine rings is 1. The lowest BCUT2D eigenvalue weighted by Gasteiger charge is -2.25. The molecule has 1 aliphatic heterocycles. The lowest BCUT2D eigenvalue weighted by atomic mass is 10.0. The number of nitrogens with one attached hydrogen (secondary N) is 1. The normalized spacial score (nSPS) is 14.3. The number of rotatable bonds is 5. The number of nitriles is 1. The molecule has 1 aliphatic rings. The highest BCUT2D eigenvalue weighted by atomic mass is 32.1. The van der Waals surface area contributed by atoms with Gasteiger partial charge in [0.25, 0.3) is 0 Å². The highest BCUT2D eigenvalue weighted by molar-refractivity contribution is 7.15. The number of morpholine rings is 1. The molecule has 1 N–H and O–H groups in total. The number of thiophene rings is 1. The molecule has 0 spiro atoms. The summed E-state index contributed by atoms with van der Waals surface area (Å²) < 4.78 is 5.46. The number of benzene rings is 2. The smallest absolute Gasteiger partial charge is 0.103 e. The first kappa shape index (κ1) is 21.6. The Morgan fingerprint density at radius 3 is 2.73 bits per heavy atom. The Morgan fingerprint density at radius 2 is 1.94 bits per heavy atom. The van der Waals surface area contributed by atoms with Crippen molar-refractivity contribution in [2.24, 2.45) is 0 Å². The van der Waals surface area contributed by atoms with Gasteiger partial charge < -0.3 is 10.1 Å². The molecule has 0 bridgehead atoms. The van der Waals surface area contributed by atoms with E-state index in [0.29, 0.717) is 5.56 Å². The highest BCUT2D eigenvalue weighted by Crippen LogP contribution is 2.35. The maximum atomic E-state index is 9.70. The van der Waals surface area contributed by atoms with Crippen LogP contribution < -0.4 is 5.32 Å². The van der Waals surface area contributed by atoms with Crippen molar-refractivity contribution in [1.82, 2.24) is 9.88 Å². The van der Waals surface area contributed by atoms with Crippen LogP contribution in [0.25, 0.3) is 21.3 Å². The fourth-order valence-electron chi connectivity index (χ4n) is 4.25. The summed E-state index contributed by atoms with van der Waals surface area (Å²) in [5.41, 5.74) is 6.73. The summed E-state index contributed by atoms with van der Waals surface area (Å²) in [5, 5.41) is 14.1. The fraction of sp³-hybridized carbons (Fsp3) is 0.259. The number of hydrogen-bond acceptors (Lipinski definition) is 6. The molecular weight excluding hydrogens is 428 g/mol. The molecule has 5 rings (SSSR count). The van der Waals surface area contributed by atoms with Crippen LogP contribution in [0.15, 0.2) is 54.7 Å². The van der Waals surface area contributed by atoms with Crippen LogP contribution in [0.3, 0.4) is 0 Å². The van der Waals surface area contributed by atoms with E-state index in [0.717, 1.165) is 66.3 Å². The van der Waals surface area contributed by atoms with E-state index in [1.54, 1.807) is 6.20 Å². The standard InChI is InChI=1S/C27H26N4OS/c1-18-3-7-24(19(2)13-18)30-27-21(15-28)16-29-25-14-20(4-6-23(25)27)26-8-5-22(33-26)17-31-9-11-32-12-10-31/h3-8,13-14,16H,9-12,17H2,1-2H3,(H,29,30). The third-order valence-corrected chi connectivity index (χ3v) is 7.18. The molecule has 0 unspecified atom stereocenters. The van der Waals surface area contributed by atoms with Crippen LogP contribution in [0.2, 0.25) is 0 Å². The Morgan fingerprint density at radius 1 is 1.09 bits per heavy atom. The molecular formula is C27H26N4OS. The molecule has 2 aromatic carbocycles. The number of nitrogens with zero attached hydrogens (tertiary/aromatic N) is 3. The summed E-state index contributed by atoms with van der Waals surface area (Å²) in [6.07, 6.45) is 1.66. The van der Waals surface area contributed by atoms with E-state index < -0.39 is 0 Å². The van der Waals surface area contributed by atoms with Crippen molar-refractivity contribution >= 4 is 33.6 Å². The van der Waals surface area contributed by atoms with Crippen molar-refractivity contribution in [3.63, 3.8) is 0 Å². The molecule has 0 saturated carbocycles. The van der Waals surface area contributed by atoms with Gasteiger partial charge in [-0.25, -0.2) is 0 Å². The average molecular weight is 455 g/mol. The zero-order chi connectivity index (χ0) is 22.8. The number of aromatic nitrogens is 1. The van der Waals surface area contributed by atoms with Gasteiger partial charge in [0.15, 0.2) is 0 Å². The highest BCUT2D eigenvalue weighted by Gasteiger charge is 2.14. The van der Waals surface area contributed by atoms with Crippen LogP contribution in [0.4, 0.5) is 11.4 Å². The Kier molecular flexibility index (Phi) is 6.10. The van der Waals surface area contributed by atoms with E-state index in [1.807, 2.05) is 11.3 Å². The van der Waals surface area contributed by atoms with E-state index in [1.165, 1.54) is 15.3 Å². The first-order valence-corrected chi connectivity index (χ1v) is 12.0. The number of ether oxygens (including phenoxy) is 1. The zero-order valence-electron chi connectivity index (χ0n) is 18.9. The zero-order valence-corrected chi connectivity index (χ0v) is 19.7. The van der Waals surface area contributed by atoms with E-state index in [9.17, 15) is 5.26 Å². The largest absolute Gasteiger partial charge is 0.379 e. The second-order valence-corrected chi connectivity index (χ2v) is 9.66. The number of hydrogen-bond donors (Lipinski definition) is 1. The minimum Gasteiger partial charge on any atom is -0.379 e. The van der Waals surface area contributed by atoms with Gasteiger partial charge in [-0.1, -0.05) is 29.8 Å². The molecule has 0 radical (unpaired) electrons. The lowest BCUT2D eigenvalue weighted by Crippen LogP contribution is -2.35. The first-order valence-electron chi connectivity index (χ1n) is 11.2. The van der Waals surface area contributed by atoms with Crippen molar-refractivity contribution in [2.75, 3.05) is 31.6 Å². The maximum absolute atomic E-state index is 9.70. The summed E-state index contributed by atoms with van der Waals surface area (Å²) in [6, 6.07) is 19.3. The van der Waals surface area contributed by atoms with Gasteiger partial charge in [-0.05, 0) is 49.2 Å². The summed E-state index contributed by atoms with van der Waals surface area (Å²) in [6.45, 7) is 8.74. The maximum Gasteiger partial charge on any atom is 0.103 e. The van der Waals surface area contributed by atoms with E-state index in [-0.39, 0.29) is 0 Å². The monoisotopic (exact) mass is 454 g/mol. The van der Waals surface area contributed by atoms with Gasteiger partial charge in [-0.3, -0.25) is 9.88 Å². The molecule has 6 heteroatoms. The minimum absolute atomic E-state index is 0.541.